The van der Waals surface area contributed by atoms with Gasteiger partial charge in [0, 0.05) is 11.6 Å². The van der Waals surface area contributed by atoms with E-state index < -0.39 is 30.9 Å². The number of benzene rings is 4. The number of hydrogen-bond acceptors (Lipinski definition) is 9. The Kier molecular flexibility index (Phi) is 28.5. The van der Waals surface area contributed by atoms with E-state index in [0.717, 1.165) is 50.7 Å². The molecule has 13 heteroatoms. The molecule has 0 atom stereocenters. The molecule has 0 heterocycles. The molecule has 10 nitrogen and oxygen atoms in total. The van der Waals surface area contributed by atoms with Crippen LogP contribution in [0.2, 0.25) is 0 Å². The van der Waals surface area contributed by atoms with Crippen molar-refractivity contribution in [2.45, 2.75) is 178 Å². The largest absolute Gasteiger partial charge is 2.00 e. The van der Waals surface area contributed by atoms with Crippen molar-refractivity contribution in [3.8, 4) is 34.5 Å². The predicted molar refractivity (Wildman–Crippen MR) is 251 cm³/mol. The van der Waals surface area contributed by atoms with Crippen LogP contribution >= 0.6 is 0 Å². The van der Waals surface area contributed by atoms with Crippen molar-refractivity contribution in [1.82, 2.24) is 0 Å². The van der Waals surface area contributed by atoms with E-state index in [9.17, 15) is 36.2 Å². The SMILES string of the molecule is CCCCCCCCCCCCCc1cc(S(=O)(=O)O)cc(O)c1Oc1ccccc1.CCCCCCCCCCCCCc1cc(S(=O)(=O)[O-])cc([O-])c1Oc1ccccc1.[Ca+2]. The third kappa shape index (κ3) is 23.3. The zero-order valence-electron chi connectivity index (χ0n) is 37.7. The molecule has 63 heavy (non-hydrogen) atoms. The summed E-state index contributed by atoms with van der Waals surface area (Å²) in [7, 11) is -9.10. The Labute approximate surface area is 408 Å². The number of hydrogen-bond donors (Lipinski definition) is 2. The fourth-order valence-electron chi connectivity index (χ4n) is 7.35. The van der Waals surface area contributed by atoms with Crippen molar-refractivity contribution in [3.05, 3.63) is 96.1 Å². The van der Waals surface area contributed by atoms with Gasteiger partial charge in [0.2, 0.25) is 0 Å². The molecule has 344 valence electrons. The first-order valence-corrected chi connectivity index (χ1v) is 25.8. The summed E-state index contributed by atoms with van der Waals surface area (Å²) in [4.78, 5) is -0.806. The summed E-state index contributed by atoms with van der Waals surface area (Å²) in [5.41, 5.74) is 1.05. The van der Waals surface area contributed by atoms with Crippen molar-refractivity contribution in [2.24, 2.45) is 0 Å². The van der Waals surface area contributed by atoms with Gasteiger partial charge in [-0.3, -0.25) is 4.55 Å². The van der Waals surface area contributed by atoms with Crippen LogP contribution in [0, 0.1) is 0 Å². The first kappa shape index (κ1) is 56.3. The number of aromatic hydroxyl groups is 1. The molecule has 4 aromatic carbocycles. The van der Waals surface area contributed by atoms with Crippen LogP contribution in [0.25, 0.3) is 0 Å². The standard InChI is InChI=1S/2C25H36O5S.Ca/c2*1-2-3-4-5-6-7-8-9-10-11-13-16-21-19-23(31(27,28)29)20-24(26)25(21)30-22-17-14-12-15-18-22;/h2*12,14-15,17-20,26H,2-11,13,16H2,1H3,(H,27,28,29);/q;;+2/p-2. The van der Waals surface area contributed by atoms with Gasteiger partial charge in [0.1, 0.15) is 27.4 Å². The van der Waals surface area contributed by atoms with Gasteiger partial charge in [-0.1, -0.05) is 184 Å². The second-order valence-corrected chi connectivity index (χ2v) is 19.0. The maximum atomic E-state index is 12.5. The van der Waals surface area contributed by atoms with Gasteiger partial charge < -0.3 is 24.2 Å². The van der Waals surface area contributed by atoms with E-state index in [0.29, 0.717) is 35.5 Å². The second-order valence-electron chi connectivity index (χ2n) is 16.2. The van der Waals surface area contributed by atoms with Gasteiger partial charge in [0.25, 0.3) is 10.1 Å². The normalized spacial score (nSPS) is 11.4. The van der Waals surface area contributed by atoms with Gasteiger partial charge in [-0.25, -0.2) is 8.42 Å². The molecule has 0 aliphatic rings. The number of phenols is 1. The van der Waals surface area contributed by atoms with E-state index in [4.69, 9.17) is 9.47 Å². The molecule has 0 saturated carbocycles. The van der Waals surface area contributed by atoms with Gasteiger partial charge in [0.05, 0.1) is 9.79 Å². The van der Waals surface area contributed by atoms with E-state index >= 15 is 0 Å². The zero-order valence-corrected chi connectivity index (χ0v) is 41.6. The number of phenolic OH excluding ortho intramolecular Hbond substituents is 1. The van der Waals surface area contributed by atoms with Crippen LogP contribution in [-0.2, 0) is 33.1 Å². The molecular formula is C50H70CaO10S2. The van der Waals surface area contributed by atoms with Crippen LogP contribution in [-0.4, -0.2) is 68.8 Å². The smallest absolute Gasteiger partial charge is 0.870 e. The summed E-state index contributed by atoms with van der Waals surface area (Å²) in [5.74, 6) is 0.516. The Morgan fingerprint density at radius 3 is 1.22 bits per heavy atom. The molecule has 0 spiro atoms. The van der Waals surface area contributed by atoms with Gasteiger partial charge in [-0.05, 0) is 73.7 Å². The first-order chi connectivity index (χ1) is 29.8. The number of ether oxygens (including phenoxy) is 2. The number of aryl methyl sites for hydroxylation is 2. The molecule has 2 N–H and O–H groups in total. The Hall–Kier alpha value is -2.84. The fourth-order valence-corrected chi connectivity index (χ4v) is 8.44. The number of rotatable bonds is 30. The monoisotopic (exact) mass is 934 g/mol. The van der Waals surface area contributed by atoms with Gasteiger partial charge >= 0.3 is 37.7 Å². The molecule has 0 aliphatic heterocycles. The quantitative estimate of drug-likeness (QED) is 0.0291. The molecule has 0 aliphatic carbocycles. The minimum absolute atomic E-state index is 0. The fraction of sp³-hybridized carbons (Fsp3) is 0.520. The average molecular weight is 935 g/mol. The molecule has 4 aromatic rings. The number of unbranched alkanes of at least 4 members (excludes halogenated alkanes) is 20. The van der Waals surface area contributed by atoms with E-state index in [1.165, 1.54) is 115 Å². The topological polar surface area (TPSA) is 173 Å². The van der Waals surface area contributed by atoms with E-state index in [2.05, 4.69) is 13.8 Å². The predicted octanol–water partition coefficient (Wildman–Crippen LogP) is 13.2. The molecule has 0 unspecified atom stereocenters. The van der Waals surface area contributed by atoms with Gasteiger partial charge in [-0.2, -0.15) is 8.42 Å². The molecule has 0 radical (unpaired) electrons. The maximum absolute atomic E-state index is 12.5. The summed E-state index contributed by atoms with van der Waals surface area (Å²) < 4.78 is 78.4. The zero-order chi connectivity index (χ0) is 45.1. The Bertz CT molecular complexity index is 1910. The molecule has 0 bridgehead atoms. The van der Waals surface area contributed by atoms with Crippen LogP contribution in [0.1, 0.15) is 166 Å². The summed E-state index contributed by atoms with van der Waals surface area (Å²) in [6.07, 6.45) is 27.6. The minimum atomic E-state index is -4.70. The summed E-state index contributed by atoms with van der Waals surface area (Å²) >= 11 is 0. The van der Waals surface area contributed by atoms with Gasteiger partial charge in [-0.15, -0.1) is 0 Å². The van der Waals surface area contributed by atoms with Crippen molar-refractivity contribution < 1.29 is 45.6 Å². The molecule has 4 rings (SSSR count). The van der Waals surface area contributed by atoms with Crippen LogP contribution in [0.3, 0.4) is 0 Å². The molecule has 0 saturated heterocycles. The molecule has 0 amide bonds. The molecular weight excluding hydrogens is 865 g/mol. The third-order valence-corrected chi connectivity index (χ3v) is 12.5. The number of para-hydroxylation sites is 2. The molecule has 0 fully saturated rings. The van der Waals surface area contributed by atoms with Crippen LogP contribution in [0.4, 0.5) is 0 Å². The Morgan fingerprint density at radius 1 is 0.492 bits per heavy atom. The van der Waals surface area contributed by atoms with E-state index in [1.54, 1.807) is 36.4 Å². The molecule has 0 aromatic heterocycles. The second kappa shape index (κ2) is 31.9. The maximum Gasteiger partial charge on any atom is 2.00 e. The van der Waals surface area contributed by atoms with E-state index in [1.807, 2.05) is 24.3 Å². The first-order valence-electron chi connectivity index (χ1n) is 22.9. The van der Waals surface area contributed by atoms with Crippen molar-refractivity contribution in [1.29, 1.82) is 0 Å². The van der Waals surface area contributed by atoms with Crippen LogP contribution < -0.4 is 14.6 Å². The summed E-state index contributed by atoms with van der Waals surface area (Å²) in [5, 5.41) is 22.9. The minimum Gasteiger partial charge on any atom is -0.870 e. The average Bonchev–Trinajstić information content (AvgIpc) is 3.24. The van der Waals surface area contributed by atoms with Gasteiger partial charge in [0.15, 0.2) is 11.5 Å². The van der Waals surface area contributed by atoms with E-state index in [-0.39, 0.29) is 59.9 Å². The Morgan fingerprint density at radius 2 is 0.841 bits per heavy atom. The summed E-state index contributed by atoms with van der Waals surface area (Å²) in [6.45, 7) is 4.46. The van der Waals surface area contributed by atoms with Crippen LogP contribution in [0.5, 0.6) is 34.5 Å². The van der Waals surface area contributed by atoms with Crippen molar-refractivity contribution in [2.75, 3.05) is 0 Å². The van der Waals surface area contributed by atoms with Crippen LogP contribution in [0.15, 0.2) is 94.7 Å². The Balaban J connectivity index is 0.000000427. The summed E-state index contributed by atoms with van der Waals surface area (Å²) in [6, 6.07) is 22.5. The van der Waals surface area contributed by atoms with Crippen molar-refractivity contribution in [3.63, 3.8) is 0 Å². The van der Waals surface area contributed by atoms with Crippen molar-refractivity contribution >= 4 is 58.0 Å². The third-order valence-electron chi connectivity index (χ3n) is 10.8.